The third-order valence-corrected chi connectivity index (χ3v) is 6.75. The van der Waals surface area contributed by atoms with E-state index in [4.69, 9.17) is 0 Å². The molecule has 1 aliphatic heterocycles. The van der Waals surface area contributed by atoms with E-state index in [2.05, 4.69) is 52.5 Å². The molecular weight excluding hydrogens is 358 g/mol. The molecule has 2 heterocycles. The van der Waals surface area contributed by atoms with E-state index in [0.29, 0.717) is 23.0 Å². The van der Waals surface area contributed by atoms with Crippen molar-refractivity contribution in [2.24, 2.45) is 0 Å². The lowest BCUT2D eigenvalue weighted by molar-refractivity contribution is -0.134. The Balaban J connectivity index is 1.51. The quantitative estimate of drug-likeness (QED) is 0.755. The molecule has 2 atom stereocenters. The predicted octanol–water partition coefficient (Wildman–Crippen LogP) is 3.42. The van der Waals surface area contributed by atoms with E-state index in [1.54, 1.807) is 0 Å². The van der Waals surface area contributed by atoms with Gasteiger partial charge in [-0.15, -0.1) is 5.10 Å². The summed E-state index contributed by atoms with van der Waals surface area (Å²) in [6.45, 7) is 4.30. The highest BCUT2D eigenvalue weighted by atomic mass is 32.2. The Labute approximate surface area is 164 Å². The predicted molar refractivity (Wildman–Crippen MR) is 106 cm³/mol. The molecule has 0 spiro atoms. The van der Waals surface area contributed by atoms with Gasteiger partial charge >= 0.3 is 0 Å². The summed E-state index contributed by atoms with van der Waals surface area (Å²) in [6, 6.07) is 7.01. The van der Waals surface area contributed by atoms with Gasteiger partial charge in [0.15, 0.2) is 0 Å². The highest BCUT2D eigenvalue weighted by molar-refractivity contribution is 7.99. The van der Waals surface area contributed by atoms with Crippen LogP contribution in [0.4, 0.5) is 0 Å². The SMILES string of the molecule is C[C@H]1CCC[C@H](C)N1C(=O)CSc1nnnn1-c1cccc2c1CCCC2. The molecule has 2 aromatic rings. The maximum Gasteiger partial charge on any atom is 0.233 e. The molecule has 0 saturated carbocycles. The molecule has 0 unspecified atom stereocenters. The molecule has 0 radical (unpaired) electrons. The van der Waals surface area contributed by atoms with Crippen molar-refractivity contribution in [2.75, 3.05) is 5.75 Å². The van der Waals surface area contributed by atoms with Crippen LogP contribution in [0.15, 0.2) is 23.4 Å². The number of aromatic nitrogens is 4. The van der Waals surface area contributed by atoms with E-state index < -0.39 is 0 Å². The smallest absolute Gasteiger partial charge is 0.233 e. The van der Waals surface area contributed by atoms with Crippen molar-refractivity contribution in [2.45, 2.75) is 76.0 Å². The second kappa shape index (κ2) is 8.00. The minimum absolute atomic E-state index is 0.185. The number of amides is 1. The molecule has 0 bridgehead atoms. The monoisotopic (exact) mass is 385 g/mol. The first kappa shape index (κ1) is 18.5. The normalized spacial score (nSPS) is 22.5. The maximum absolute atomic E-state index is 12.8. The Bertz CT molecular complexity index is 810. The van der Waals surface area contributed by atoms with Crippen molar-refractivity contribution in [3.8, 4) is 5.69 Å². The number of carbonyl (C=O) groups is 1. The van der Waals surface area contributed by atoms with Crippen molar-refractivity contribution in [1.82, 2.24) is 25.1 Å². The van der Waals surface area contributed by atoms with E-state index in [1.165, 1.54) is 42.2 Å². The number of nitrogens with zero attached hydrogens (tertiary/aromatic N) is 5. The van der Waals surface area contributed by atoms with Crippen molar-refractivity contribution in [3.05, 3.63) is 29.3 Å². The number of aryl methyl sites for hydroxylation is 1. The van der Waals surface area contributed by atoms with Crippen LogP contribution in [-0.2, 0) is 17.6 Å². The van der Waals surface area contributed by atoms with E-state index in [-0.39, 0.29) is 5.91 Å². The Morgan fingerprint density at radius 2 is 1.93 bits per heavy atom. The third kappa shape index (κ3) is 3.74. The fourth-order valence-electron chi connectivity index (χ4n) is 4.49. The minimum atomic E-state index is 0.185. The van der Waals surface area contributed by atoms with Crippen molar-refractivity contribution >= 4 is 17.7 Å². The highest BCUT2D eigenvalue weighted by Gasteiger charge is 2.29. The first-order valence-corrected chi connectivity index (χ1v) is 11.0. The molecule has 1 aromatic heterocycles. The summed E-state index contributed by atoms with van der Waals surface area (Å²) < 4.78 is 1.81. The summed E-state index contributed by atoms with van der Waals surface area (Å²) in [5, 5.41) is 13.0. The van der Waals surface area contributed by atoms with Crippen LogP contribution in [0.25, 0.3) is 5.69 Å². The zero-order valence-corrected chi connectivity index (χ0v) is 16.9. The number of likely N-dealkylation sites (tertiary alicyclic amines) is 1. The summed E-state index contributed by atoms with van der Waals surface area (Å²) in [5.41, 5.74) is 3.81. The Morgan fingerprint density at radius 3 is 2.74 bits per heavy atom. The average molecular weight is 386 g/mol. The van der Waals surface area contributed by atoms with Gasteiger partial charge in [-0.2, -0.15) is 4.68 Å². The maximum atomic E-state index is 12.8. The van der Waals surface area contributed by atoms with E-state index >= 15 is 0 Å². The second-order valence-electron chi connectivity index (χ2n) is 7.71. The third-order valence-electron chi connectivity index (χ3n) is 5.85. The minimum Gasteiger partial charge on any atom is -0.337 e. The Hall–Kier alpha value is -1.89. The lowest BCUT2D eigenvalue weighted by Crippen LogP contribution is -2.48. The van der Waals surface area contributed by atoms with Crippen LogP contribution in [0, 0.1) is 0 Å². The van der Waals surface area contributed by atoms with Crippen LogP contribution in [0.3, 0.4) is 0 Å². The standard InChI is InChI=1S/C20H27N5OS/c1-14-7-5-8-15(2)24(14)19(26)13-27-20-21-22-23-25(20)18-12-6-10-16-9-3-4-11-17(16)18/h6,10,12,14-15H,3-5,7-9,11,13H2,1-2H3/t14-,15-/m0/s1. The van der Waals surface area contributed by atoms with Crippen LogP contribution in [0.5, 0.6) is 0 Å². The van der Waals surface area contributed by atoms with Gasteiger partial charge in [-0.3, -0.25) is 4.79 Å². The lowest BCUT2D eigenvalue weighted by atomic mass is 9.90. The molecule has 1 amide bonds. The summed E-state index contributed by atoms with van der Waals surface area (Å²) >= 11 is 1.44. The van der Waals surface area contributed by atoms with Crippen molar-refractivity contribution in [3.63, 3.8) is 0 Å². The second-order valence-corrected chi connectivity index (χ2v) is 8.66. The molecule has 1 aromatic carbocycles. The molecule has 7 heteroatoms. The van der Waals surface area contributed by atoms with Crippen LogP contribution >= 0.6 is 11.8 Å². The first-order chi connectivity index (χ1) is 13.1. The number of hydrogen-bond acceptors (Lipinski definition) is 5. The molecule has 2 aliphatic rings. The van der Waals surface area contributed by atoms with E-state index in [1.807, 2.05) is 4.68 Å². The zero-order chi connectivity index (χ0) is 18.8. The van der Waals surface area contributed by atoms with Gasteiger partial charge in [-0.05, 0) is 86.4 Å². The fourth-order valence-corrected chi connectivity index (χ4v) is 5.25. The largest absolute Gasteiger partial charge is 0.337 e. The summed E-state index contributed by atoms with van der Waals surface area (Å²) in [6.07, 6.45) is 8.03. The van der Waals surface area contributed by atoms with Crippen LogP contribution in [0.1, 0.15) is 57.1 Å². The van der Waals surface area contributed by atoms with Gasteiger partial charge in [0.2, 0.25) is 11.1 Å². The number of piperidine rings is 1. The summed E-state index contributed by atoms with van der Waals surface area (Å²) in [5.74, 6) is 0.564. The van der Waals surface area contributed by atoms with Gasteiger partial charge < -0.3 is 4.90 Å². The average Bonchev–Trinajstić information content (AvgIpc) is 3.14. The molecule has 6 nitrogen and oxygen atoms in total. The molecular formula is C20H27N5OS. The summed E-state index contributed by atoms with van der Waals surface area (Å²) in [7, 11) is 0. The van der Waals surface area contributed by atoms with Crippen LogP contribution < -0.4 is 0 Å². The number of benzene rings is 1. The molecule has 0 N–H and O–H groups in total. The number of rotatable bonds is 4. The van der Waals surface area contributed by atoms with E-state index in [0.717, 1.165) is 31.4 Å². The molecule has 27 heavy (non-hydrogen) atoms. The number of carbonyl (C=O) groups excluding carboxylic acids is 1. The Kier molecular flexibility index (Phi) is 5.48. The van der Waals surface area contributed by atoms with Crippen LogP contribution in [0.2, 0.25) is 0 Å². The number of thioether (sulfide) groups is 1. The molecule has 1 aliphatic carbocycles. The molecule has 144 valence electrons. The fraction of sp³-hybridized carbons (Fsp3) is 0.600. The highest BCUT2D eigenvalue weighted by Crippen LogP contribution is 2.29. The van der Waals surface area contributed by atoms with E-state index in [9.17, 15) is 4.79 Å². The van der Waals surface area contributed by atoms with Gasteiger partial charge in [0.05, 0.1) is 11.4 Å². The molecule has 1 fully saturated rings. The number of hydrogen-bond donors (Lipinski definition) is 0. The molecule has 4 rings (SSSR count). The van der Waals surface area contributed by atoms with Crippen molar-refractivity contribution < 1.29 is 4.79 Å². The number of tetrazole rings is 1. The lowest BCUT2D eigenvalue weighted by Gasteiger charge is -2.39. The van der Waals surface area contributed by atoms with Gasteiger partial charge in [-0.25, -0.2) is 0 Å². The topological polar surface area (TPSA) is 63.9 Å². The van der Waals surface area contributed by atoms with Gasteiger partial charge in [-0.1, -0.05) is 23.9 Å². The van der Waals surface area contributed by atoms with Crippen molar-refractivity contribution in [1.29, 1.82) is 0 Å². The molecule has 1 saturated heterocycles. The van der Waals surface area contributed by atoms with Crippen LogP contribution in [-0.4, -0.2) is 48.9 Å². The first-order valence-electron chi connectivity index (χ1n) is 9.98. The number of fused-ring (bicyclic) bond motifs is 1. The van der Waals surface area contributed by atoms with Gasteiger partial charge in [0.25, 0.3) is 0 Å². The zero-order valence-electron chi connectivity index (χ0n) is 16.1. The summed E-state index contributed by atoms with van der Waals surface area (Å²) in [4.78, 5) is 14.9. The van der Waals surface area contributed by atoms with Gasteiger partial charge in [0.1, 0.15) is 0 Å². The Morgan fingerprint density at radius 1 is 1.15 bits per heavy atom. The van der Waals surface area contributed by atoms with Gasteiger partial charge in [0, 0.05) is 12.1 Å².